The normalized spacial score (nSPS) is 10.1. The van der Waals surface area contributed by atoms with Crippen LogP contribution < -0.4 is 10.6 Å². The lowest BCUT2D eigenvalue weighted by Gasteiger charge is -2.08. The van der Waals surface area contributed by atoms with Gasteiger partial charge < -0.3 is 10.6 Å². The molecule has 0 aliphatic carbocycles. The quantitative estimate of drug-likeness (QED) is 0.843. The van der Waals surface area contributed by atoms with E-state index in [-0.39, 0.29) is 0 Å². The maximum absolute atomic E-state index is 4.36. The summed E-state index contributed by atoms with van der Waals surface area (Å²) in [7, 11) is 0. The minimum absolute atomic E-state index is 0.647. The molecular weight excluding hydrogens is 226 g/mol. The summed E-state index contributed by atoms with van der Waals surface area (Å²) < 4.78 is 0. The fraction of sp³-hybridized carbons (Fsp3) is 0.308. The molecule has 94 valence electrons. The first-order valence-electron chi connectivity index (χ1n) is 6.00. The van der Waals surface area contributed by atoms with Crippen LogP contribution in [0.1, 0.15) is 18.1 Å². The first-order chi connectivity index (χ1) is 8.79. The Morgan fingerprint density at radius 2 is 2.06 bits per heavy atom. The number of hydrogen-bond donors (Lipinski definition) is 2. The molecule has 18 heavy (non-hydrogen) atoms. The third-order valence-corrected chi connectivity index (χ3v) is 2.59. The van der Waals surface area contributed by atoms with E-state index >= 15 is 0 Å². The van der Waals surface area contributed by atoms with Crippen LogP contribution in [0.3, 0.4) is 0 Å². The molecule has 0 bridgehead atoms. The SMILES string of the molecule is CCNc1nccc(NCc2ccncc2C)n1. The summed E-state index contributed by atoms with van der Waals surface area (Å²) in [5.41, 5.74) is 2.39. The van der Waals surface area contributed by atoms with Crippen LogP contribution in [0.5, 0.6) is 0 Å². The summed E-state index contributed by atoms with van der Waals surface area (Å²) in [6.07, 6.45) is 5.40. The number of aromatic nitrogens is 3. The number of nitrogens with one attached hydrogen (secondary N) is 2. The summed E-state index contributed by atoms with van der Waals surface area (Å²) in [6, 6.07) is 3.87. The van der Waals surface area contributed by atoms with Crippen molar-refractivity contribution in [1.82, 2.24) is 15.0 Å². The van der Waals surface area contributed by atoms with Gasteiger partial charge in [0.1, 0.15) is 5.82 Å². The second kappa shape index (κ2) is 5.95. The highest BCUT2D eigenvalue weighted by molar-refractivity contribution is 5.40. The van der Waals surface area contributed by atoms with Crippen molar-refractivity contribution in [2.24, 2.45) is 0 Å². The van der Waals surface area contributed by atoms with Gasteiger partial charge in [0.2, 0.25) is 5.95 Å². The molecule has 0 spiro atoms. The molecule has 5 heteroatoms. The molecular formula is C13H17N5. The van der Waals surface area contributed by atoms with Gasteiger partial charge in [0.25, 0.3) is 0 Å². The number of hydrogen-bond acceptors (Lipinski definition) is 5. The molecule has 0 aliphatic heterocycles. The van der Waals surface area contributed by atoms with Crippen LogP contribution in [-0.4, -0.2) is 21.5 Å². The van der Waals surface area contributed by atoms with Gasteiger partial charge in [-0.3, -0.25) is 4.98 Å². The molecule has 0 saturated heterocycles. The average Bonchev–Trinajstić information content (AvgIpc) is 2.39. The Morgan fingerprint density at radius 3 is 2.83 bits per heavy atom. The zero-order valence-corrected chi connectivity index (χ0v) is 10.6. The first-order valence-corrected chi connectivity index (χ1v) is 6.00. The summed E-state index contributed by atoms with van der Waals surface area (Å²) in [6.45, 7) is 5.61. The number of nitrogens with zero attached hydrogens (tertiary/aromatic N) is 3. The highest BCUT2D eigenvalue weighted by Gasteiger charge is 2.00. The molecule has 0 radical (unpaired) electrons. The van der Waals surface area contributed by atoms with E-state index in [2.05, 4.69) is 25.6 Å². The lowest BCUT2D eigenvalue weighted by molar-refractivity contribution is 1.04. The van der Waals surface area contributed by atoms with E-state index in [1.54, 1.807) is 12.4 Å². The lowest BCUT2D eigenvalue weighted by Crippen LogP contribution is -2.06. The third kappa shape index (κ3) is 3.16. The van der Waals surface area contributed by atoms with Gasteiger partial charge in [0.05, 0.1) is 0 Å². The van der Waals surface area contributed by atoms with Crippen molar-refractivity contribution in [2.45, 2.75) is 20.4 Å². The Kier molecular flexibility index (Phi) is 4.06. The first kappa shape index (κ1) is 12.3. The fourth-order valence-electron chi connectivity index (χ4n) is 1.59. The van der Waals surface area contributed by atoms with Crippen molar-refractivity contribution >= 4 is 11.8 Å². The van der Waals surface area contributed by atoms with Crippen LogP contribution in [0, 0.1) is 6.92 Å². The van der Waals surface area contributed by atoms with Gasteiger partial charge in [-0.05, 0) is 37.1 Å². The Bertz CT molecular complexity index is 512. The smallest absolute Gasteiger partial charge is 0.224 e. The zero-order chi connectivity index (χ0) is 12.8. The van der Waals surface area contributed by atoms with Crippen LogP contribution in [0.15, 0.2) is 30.7 Å². The van der Waals surface area contributed by atoms with Crippen molar-refractivity contribution in [3.8, 4) is 0 Å². The Morgan fingerprint density at radius 1 is 1.17 bits per heavy atom. The number of aryl methyl sites for hydroxylation is 1. The van der Waals surface area contributed by atoms with Crippen LogP contribution in [0.2, 0.25) is 0 Å². The molecule has 0 fully saturated rings. The van der Waals surface area contributed by atoms with E-state index in [4.69, 9.17) is 0 Å². The maximum Gasteiger partial charge on any atom is 0.224 e. The van der Waals surface area contributed by atoms with E-state index in [0.29, 0.717) is 5.95 Å². The van der Waals surface area contributed by atoms with Gasteiger partial charge in [-0.25, -0.2) is 4.98 Å². The molecule has 0 amide bonds. The van der Waals surface area contributed by atoms with Crippen LogP contribution in [0.25, 0.3) is 0 Å². The molecule has 2 heterocycles. The van der Waals surface area contributed by atoms with Crippen molar-refractivity contribution in [3.05, 3.63) is 41.9 Å². The largest absolute Gasteiger partial charge is 0.366 e. The number of pyridine rings is 1. The van der Waals surface area contributed by atoms with Crippen molar-refractivity contribution in [2.75, 3.05) is 17.2 Å². The molecule has 0 atom stereocenters. The van der Waals surface area contributed by atoms with Crippen LogP contribution in [0.4, 0.5) is 11.8 Å². The molecule has 0 aromatic carbocycles. The second-order valence-electron chi connectivity index (χ2n) is 3.95. The topological polar surface area (TPSA) is 62.7 Å². The molecule has 0 saturated carbocycles. The van der Waals surface area contributed by atoms with Crippen molar-refractivity contribution < 1.29 is 0 Å². The molecule has 2 aromatic heterocycles. The summed E-state index contributed by atoms with van der Waals surface area (Å²) >= 11 is 0. The minimum atomic E-state index is 0.647. The van der Waals surface area contributed by atoms with Crippen molar-refractivity contribution in [3.63, 3.8) is 0 Å². The fourth-order valence-corrected chi connectivity index (χ4v) is 1.59. The molecule has 0 unspecified atom stereocenters. The predicted octanol–water partition coefficient (Wildman–Crippen LogP) is 2.22. The van der Waals surface area contributed by atoms with E-state index in [1.807, 2.05) is 32.2 Å². The molecule has 5 nitrogen and oxygen atoms in total. The van der Waals surface area contributed by atoms with Gasteiger partial charge in [-0.2, -0.15) is 4.98 Å². The Balaban J connectivity index is 2.02. The summed E-state index contributed by atoms with van der Waals surface area (Å²) in [5, 5.41) is 6.37. The number of rotatable bonds is 5. The van der Waals surface area contributed by atoms with Gasteiger partial charge in [0.15, 0.2) is 0 Å². The average molecular weight is 243 g/mol. The standard InChI is InChI=1S/C13H17N5/c1-3-15-13-16-7-5-12(18-13)17-9-11-4-6-14-8-10(11)2/h4-8H,3,9H2,1-2H3,(H2,15,16,17,18). The zero-order valence-electron chi connectivity index (χ0n) is 10.6. The van der Waals surface area contributed by atoms with Crippen LogP contribution in [-0.2, 0) is 6.54 Å². The number of anilines is 2. The van der Waals surface area contributed by atoms with E-state index in [0.717, 1.165) is 18.9 Å². The molecule has 0 aliphatic rings. The highest BCUT2D eigenvalue weighted by atomic mass is 15.1. The minimum Gasteiger partial charge on any atom is -0.366 e. The van der Waals surface area contributed by atoms with Gasteiger partial charge in [-0.15, -0.1) is 0 Å². The van der Waals surface area contributed by atoms with Gasteiger partial charge >= 0.3 is 0 Å². The van der Waals surface area contributed by atoms with E-state index in [9.17, 15) is 0 Å². The highest BCUT2D eigenvalue weighted by Crippen LogP contribution is 2.10. The monoisotopic (exact) mass is 243 g/mol. The molecule has 2 rings (SSSR count). The molecule has 2 N–H and O–H groups in total. The molecule has 2 aromatic rings. The summed E-state index contributed by atoms with van der Waals surface area (Å²) in [4.78, 5) is 12.6. The van der Waals surface area contributed by atoms with E-state index in [1.165, 1.54) is 11.1 Å². The van der Waals surface area contributed by atoms with Crippen LogP contribution >= 0.6 is 0 Å². The summed E-state index contributed by atoms with van der Waals surface area (Å²) in [5.74, 6) is 1.46. The predicted molar refractivity (Wildman–Crippen MR) is 72.5 cm³/mol. The van der Waals surface area contributed by atoms with Gasteiger partial charge in [-0.1, -0.05) is 0 Å². The van der Waals surface area contributed by atoms with E-state index < -0.39 is 0 Å². The Labute approximate surface area is 107 Å². The lowest BCUT2D eigenvalue weighted by atomic mass is 10.1. The maximum atomic E-state index is 4.36. The third-order valence-electron chi connectivity index (χ3n) is 2.59. The Hall–Kier alpha value is -2.17. The second-order valence-corrected chi connectivity index (χ2v) is 3.95. The van der Waals surface area contributed by atoms with Crippen molar-refractivity contribution in [1.29, 1.82) is 0 Å². The van der Waals surface area contributed by atoms with Gasteiger partial charge in [0, 0.05) is 31.7 Å².